The first-order chi connectivity index (χ1) is 13.0. The average molecular weight is 502 g/mol. The number of rotatable bonds is 5. The van der Waals surface area contributed by atoms with Crippen LogP contribution in [0.5, 0.6) is 0 Å². The van der Waals surface area contributed by atoms with E-state index in [1.165, 1.54) is 0 Å². The highest BCUT2D eigenvalue weighted by Crippen LogP contribution is 2.12. The molecule has 3 heterocycles. The number of nitrogens with one attached hydrogen (secondary N) is 1. The summed E-state index contributed by atoms with van der Waals surface area (Å²) in [6.07, 6.45) is 1.91. The van der Waals surface area contributed by atoms with Gasteiger partial charge in [-0.2, -0.15) is 0 Å². The van der Waals surface area contributed by atoms with Gasteiger partial charge in [-0.1, -0.05) is 5.16 Å². The van der Waals surface area contributed by atoms with Gasteiger partial charge in [0.25, 0.3) is 0 Å². The highest BCUT2D eigenvalue weighted by molar-refractivity contribution is 14.0. The molecule has 1 saturated heterocycles. The molecule has 2 aromatic rings. The number of aliphatic imine (C=N–C) groups is 1. The van der Waals surface area contributed by atoms with Crippen molar-refractivity contribution in [1.82, 2.24) is 29.8 Å². The summed E-state index contributed by atoms with van der Waals surface area (Å²) in [5.41, 5.74) is 2.12. The van der Waals surface area contributed by atoms with Gasteiger partial charge < -0.3 is 24.2 Å². The van der Waals surface area contributed by atoms with Gasteiger partial charge >= 0.3 is 0 Å². The fraction of sp³-hybridized carbons (Fsp3) is 0.611. The number of hydrogen-bond acceptors (Lipinski definition) is 6. The predicted octanol–water partition coefficient (Wildman–Crippen LogP) is 1.29. The summed E-state index contributed by atoms with van der Waals surface area (Å²) in [6, 6.07) is 2.00. The third-order valence-corrected chi connectivity index (χ3v) is 4.83. The maximum Gasteiger partial charge on any atom is 0.204 e. The molecule has 28 heavy (non-hydrogen) atoms. The first-order valence-electron chi connectivity index (χ1n) is 9.26. The van der Waals surface area contributed by atoms with Gasteiger partial charge in [-0.15, -0.1) is 24.0 Å². The Hall–Kier alpha value is -1.82. The van der Waals surface area contributed by atoms with Crippen molar-refractivity contribution in [1.29, 1.82) is 0 Å². The second-order valence-corrected chi connectivity index (χ2v) is 7.10. The Kier molecular flexibility index (Phi) is 8.10. The van der Waals surface area contributed by atoms with Crippen LogP contribution in [-0.2, 0) is 20.1 Å². The number of piperazine rings is 1. The number of nitrogens with zero attached hydrogens (tertiary/aromatic N) is 7. The standard InChI is InChI=1S/C18H30N8O.HI/c1-14-10-15(22-27-14)13-25-6-8-26(9-7-25)17(19-2)20-11-16-12-21-18(23(3)4)24(16)5;/h10,12H,6-9,11,13H2,1-5H3,(H,19,20);1H. The van der Waals surface area contributed by atoms with Crippen LogP contribution >= 0.6 is 24.0 Å². The third kappa shape index (κ3) is 5.37. The lowest BCUT2D eigenvalue weighted by Gasteiger charge is -2.36. The summed E-state index contributed by atoms with van der Waals surface area (Å²) in [5.74, 6) is 2.74. The maximum absolute atomic E-state index is 5.16. The molecular weight excluding hydrogens is 471 g/mol. The molecule has 3 rings (SSSR count). The molecule has 0 saturated carbocycles. The Bertz CT molecular complexity index is 776. The van der Waals surface area contributed by atoms with Gasteiger partial charge in [0, 0.05) is 67.0 Å². The molecule has 1 aliphatic heterocycles. The van der Waals surface area contributed by atoms with Gasteiger partial charge in [-0.05, 0) is 6.92 Å². The number of aryl methyl sites for hydroxylation is 1. The van der Waals surface area contributed by atoms with E-state index in [0.717, 1.165) is 61.8 Å². The van der Waals surface area contributed by atoms with Gasteiger partial charge in [-0.3, -0.25) is 9.89 Å². The Balaban J connectivity index is 0.00000280. The largest absolute Gasteiger partial charge is 0.361 e. The van der Waals surface area contributed by atoms with E-state index in [4.69, 9.17) is 4.52 Å². The number of aromatic nitrogens is 3. The zero-order chi connectivity index (χ0) is 19.4. The van der Waals surface area contributed by atoms with Crippen LogP contribution < -0.4 is 10.2 Å². The van der Waals surface area contributed by atoms with Crippen LogP contribution in [0.2, 0.25) is 0 Å². The lowest BCUT2D eigenvalue weighted by Crippen LogP contribution is -2.52. The van der Waals surface area contributed by atoms with Gasteiger partial charge in [-0.25, -0.2) is 4.98 Å². The van der Waals surface area contributed by atoms with Crippen molar-refractivity contribution in [3.63, 3.8) is 0 Å². The number of halogens is 1. The van der Waals surface area contributed by atoms with E-state index < -0.39 is 0 Å². The number of imidazole rings is 1. The zero-order valence-corrected chi connectivity index (χ0v) is 19.7. The molecule has 0 radical (unpaired) electrons. The monoisotopic (exact) mass is 502 g/mol. The molecule has 0 spiro atoms. The number of anilines is 1. The van der Waals surface area contributed by atoms with Crippen molar-refractivity contribution in [2.45, 2.75) is 20.0 Å². The molecule has 0 unspecified atom stereocenters. The minimum Gasteiger partial charge on any atom is -0.361 e. The van der Waals surface area contributed by atoms with Gasteiger partial charge in [0.1, 0.15) is 5.76 Å². The van der Waals surface area contributed by atoms with Crippen LogP contribution in [0, 0.1) is 6.92 Å². The Morgan fingerprint density at radius 2 is 2.00 bits per heavy atom. The molecule has 0 bridgehead atoms. The molecule has 0 amide bonds. The van der Waals surface area contributed by atoms with Crippen molar-refractivity contribution < 1.29 is 4.52 Å². The van der Waals surface area contributed by atoms with Crippen molar-refractivity contribution in [3.05, 3.63) is 29.4 Å². The van der Waals surface area contributed by atoms with Gasteiger partial charge in [0.15, 0.2) is 5.96 Å². The topological polar surface area (TPSA) is 78.0 Å². The lowest BCUT2D eigenvalue weighted by atomic mass is 10.3. The van der Waals surface area contributed by atoms with Crippen molar-refractivity contribution >= 4 is 35.9 Å². The van der Waals surface area contributed by atoms with Crippen LogP contribution in [0.3, 0.4) is 0 Å². The summed E-state index contributed by atoms with van der Waals surface area (Å²) in [5, 5.41) is 7.55. The summed E-state index contributed by atoms with van der Waals surface area (Å²) >= 11 is 0. The molecular formula is C18H31IN8O. The molecule has 0 aromatic carbocycles. The normalized spacial score (nSPS) is 15.5. The van der Waals surface area contributed by atoms with E-state index in [-0.39, 0.29) is 24.0 Å². The second kappa shape index (κ2) is 10.1. The van der Waals surface area contributed by atoms with Crippen molar-refractivity contribution in [3.8, 4) is 0 Å². The van der Waals surface area contributed by atoms with E-state index in [1.807, 2.05) is 52.3 Å². The Morgan fingerprint density at radius 3 is 2.54 bits per heavy atom. The molecule has 1 fully saturated rings. The lowest BCUT2D eigenvalue weighted by molar-refractivity contribution is 0.169. The quantitative estimate of drug-likeness (QED) is 0.375. The van der Waals surface area contributed by atoms with Crippen molar-refractivity contribution in [2.75, 3.05) is 52.2 Å². The second-order valence-electron chi connectivity index (χ2n) is 7.10. The van der Waals surface area contributed by atoms with E-state index >= 15 is 0 Å². The molecule has 156 valence electrons. The maximum atomic E-state index is 5.16. The van der Waals surface area contributed by atoms with E-state index in [0.29, 0.717) is 6.54 Å². The molecule has 2 aromatic heterocycles. The Morgan fingerprint density at radius 1 is 1.29 bits per heavy atom. The fourth-order valence-electron chi connectivity index (χ4n) is 3.35. The van der Waals surface area contributed by atoms with Gasteiger partial charge in [0.2, 0.25) is 5.95 Å². The van der Waals surface area contributed by atoms with Crippen molar-refractivity contribution in [2.24, 2.45) is 12.0 Å². The SMILES string of the molecule is CN=C(NCc1cnc(N(C)C)n1C)N1CCN(Cc2cc(C)on2)CC1.I. The van der Waals surface area contributed by atoms with E-state index in [9.17, 15) is 0 Å². The summed E-state index contributed by atoms with van der Waals surface area (Å²) < 4.78 is 7.25. The molecule has 1 N–H and O–H groups in total. The minimum absolute atomic E-state index is 0. The van der Waals surface area contributed by atoms with E-state index in [2.05, 4.69) is 34.8 Å². The highest BCUT2D eigenvalue weighted by atomic mass is 127. The summed E-state index contributed by atoms with van der Waals surface area (Å²) in [7, 11) is 7.87. The number of hydrogen-bond donors (Lipinski definition) is 1. The van der Waals surface area contributed by atoms with Crippen LogP contribution in [0.1, 0.15) is 17.1 Å². The van der Waals surface area contributed by atoms with Crippen LogP contribution in [-0.4, -0.2) is 77.8 Å². The van der Waals surface area contributed by atoms with E-state index in [1.54, 1.807) is 0 Å². The number of guanidine groups is 1. The first kappa shape index (κ1) is 22.5. The summed E-state index contributed by atoms with van der Waals surface area (Å²) in [6.45, 7) is 7.28. The molecule has 10 heteroatoms. The molecule has 0 atom stereocenters. The smallest absolute Gasteiger partial charge is 0.204 e. The van der Waals surface area contributed by atoms with Crippen LogP contribution in [0.25, 0.3) is 0 Å². The average Bonchev–Trinajstić information content (AvgIpc) is 3.22. The minimum atomic E-state index is 0. The molecule has 1 aliphatic rings. The fourth-order valence-corrected chi connectivity index (χ4v) is 3.35. The first-order valence-corrected chi connectivity index (χ1v) is 9.26. The predicted molar refractivity (Wildman–Crippen MR) is 121 cm³/mol. The van der Waals surface area contributed by atoms with Gasteiger partial charge in [0.05, 0.1) is 24.1 Å². The molecule has 0 aliphatic carbocycles. The highest BCUT2D eigenvalue weighted by Gasteiger charge is 2.20. The third-order valence-electron chi connectivity index (χ3n) is 4.83. The molecule has 9 nitrogen and oxygen atoms in total. The van der Waals surface area contributed by atoms with Crippen LogP contribution in [0.4, 0.5) is 5.95 Å². The Labute approximate surface area is 183 Å². The summed E-state index contributed by atoms with van der Waals surface area (Å²) in [4.78, 5) is 15.6. The zero-order valence-electron chi connectivity index (χ0n) is 17.3. The van der Waals surface area contributed by atoms with Crippen LogP contribution in [0.15, 0.2) is 21.8 Å².